The van der Waals surface area contributed by atoms with E-state index in [4.69, 9.17) is 0 Å². The van der Waals surface area contributed by atoms with E-state index in [0.29, 0.717) is 0 Å². The first kappa shape index (κ1) is 12.2. The summed E-state index contributed by atoms with van der Waals surface area (Å²) in [7, 11) is 1.26. The summed E-state index contributed by atoms with van der Waals surface area (Å²) in [5, 5.41) is 0. The molecule has 0 saturated carbocycles. The van der Waals surface area contributed by atoms with Crippen LogP contribution in [0, 0.1) is 0 Å². The minimum absolute atomic E-state index is 1.26. The van der Waals surface area contributed by atoms with E-state index in [1.54, 1.807) is 0 Å². The van der Waals surface area contributed by atoms with Crippen molar-refractivity contribution in [2.45, 2.75) is 52.4 Å². The highest BCUT2D eigenvalue weighted by atomic mass is 28.2. The van der Waals surface area contributed by atoms with Gasteiger partial charge in [0.05, 0.1) is 10.4 Å². The Hall–Kier alpha value is 0.177. The van der Waals surface area contributed by atoms with E-state index in [2.05, 4.69) is 18.4 Å². The van der Waals surface area contributed by atoms with Gasteiger partial charge in [-0.05, 0) is 25.9 Å². The van der Waals surface area contributed by atoms with Crippen molar-refractivity contribution in [3.8, 4) is 0 Å². The molecule has 0 aromatic rings. The SMILES string of the molecule is CCCCCN([SiH3])CCCCC. The Labute approximate surface area is 81.0 Å². The third-order valence-electron chi connectivity index (χ3n) is 2.29. The molecule has 0 radical (unpaired) electrons. The first-order valence-corrected chi connectivity index (χ1v) is 6.39. The maximum Gasteiger partial charge on any atom is 0.0784 e. The fraction of sp³-hybridized carbons (Fsp3) is 1.00. The predicted octanol–water partition coefficient (Wildman–Crippen LogP) is 1.95. The van der Waals surface area contributed by atoms with Gasteiger partial charge in [0.15, 0.2) is 0 Å². The molecule has 0 rings (SSSR count). The van der Waals surface area contributed by atoms with Crippen LogP contribution in [0.1, 0.15) is 52.4 Å². The molecule has 0 spiro atoms. The average Bonchev–Trinajstić information content (AvgIpc) is 2.06. The van der Waals surface area contributed by atoms with Crippen LogP contribution in [0.4, 0.5) is 0 Å². The van der Waals surface area contributed by atoms with Gasteiger partial charge in [0.25, 0.3) is 0 Å². The van der Waals surface area contributed by atoms with Gasteiger partial charge in [-0.2, -0.15) is 0 Å². The van der Waals surface area contributed by atoms with Gasteiger partial charge < -0.3 is 4.57 Å². The van der Waals surface area contributed by atoms with Crippen LogP contribution in [-0.4, -0.2) is 28.1 Å². The summed E-state index contributed by atoms with van der Waals surface area (Å²) in [4.78, 5) is 0. The van der Waals surface area contributed by atoms with Gasteiger partial charge in [-0.1, -0.05) is 39.5 Å². The molecule has 0 aliphatic rings. The van der Waals surface area contributed by atoms with Crippen LogP contribution in [0.25, 0.3) is 0 Å². The second-order valence-corrected chi connectivity index (χ2v) is 4.98. The molecule has 0 aromatic carbocycles. The Morgan fingerprint density at radius 2 is 1.25 bits per heavy atom. The highest BCUT2D eigenvalue weighted by Crippen LogP contribution is 1.99. The summed E-state index contributed by atoms with van der Waals surface area (Å²) in [6.07, 6.45) is 8.34. The number of nitrogens with zero attached hydrogens (tertiary/aromatic N) is 1. The molecule has 1 nitrogen and oxygen atoms in total. The maximum absolute atomic E-state index is 2.60. The fourth-order valence-corrected chi connectivity index (χ4v) is 2.01. The van der Waals surface area contributed by atoms with Gasteiger partial charge in [-0.15, -0.1) is 0 Å². The zero-order chi connectivity index (χ0) is 9.23. The Bertz CT molecular complexity index is 75.9. The molecule has 0 saturated heterocycles. The lowest BCUT2D eigenvalue weighted by molar-refractivity contribution is 0.419. The molecule has 0 heterocycles. The largest absolute Gasteiger partial charge is 0.332 e. The smallest absolute Gasteiger partial charge is 0.0784 e. The minimum Gasteiger partial charge on any atom is -0.332 e. The molecule has 0 fully saturated rings. The van der Waals surface area contributed by atoms with Crippen molar-refractivity contribution in [3.05, 3.63) is 0 Å². The summed E-state index contributed by atoms with van der Waals surface area (Å²) in [6, 6.07) is 0. The fourth-order valence-electron chi connectivity index (χ4n) is 1.38. The Morgan fingerprint density at radius 1 is 0.833 bits per heavy atom. The van der Waals surface area contributed by atoms with Gasteiger partial charge in [-0.25, -0.2) is 0 Å². The molecule has 0 amide bonds. The third kappa shape index (κ3) is 8.28. The molecule has 0 bridgehead atoms. The molecule has 2 heteroatoms. The van der Waals surface area contributed by atoms with Gasteiger partial charge in [0.2, 0.25) is 0 Å². The third-order valence-corrected chi connectivity index (χ3v) is 3.18. The summed E-state index contributed by atoms with van der Waals surface area (Å²) < 4.78 is 2.60. The van der Waals surface area contributed by atoms with Crippen molar-refractivity contribution >= 4 is 10.4 Å². The topological polar surface area (TPSA) is 3.24 Å². The van der Waals surface area contributed by atoms with E-state index < -0.39 is 0 Å². The lowest BCUT2D eigenvalue weighted by Gasteiger charge is -2.15. The van der Waals surface area contributed by atoms with Crippen LogP contribution in [0.5, 0.6) is 0 Å². The van der Waals surface area contributed by atoms with Crippen molar-refractivity contribution in [1.29, 1.82) is 0 Å². The second kappa shape index (κ2) is 9.27. The number of hydrogen-bond donors (Lipinski definition) is 0. The standard InChI is InChI=1S/C10H25NSi/c1-3-5-7-9-11(12)10-8-6-4-2/h3-10H2,1-2,12H3. The number of unbranched alkanes of at least 4 members (excludes halogenated alkanes) is 4. The van der Waals surface area contributed by atoms with Crippen LogP contribution in [0.2, 0.25) is 0 Å². The highest BCUT2D eigenvalue weighted by molar-refractivity contribution is 6.04. The van der Waals surface area contributed by atoms with Crippen molar-refractivity contribution in [2.75, 3.05) is 13.1 Å². The van der Waals surface area contributed by atoms with Crippen LogP contribution in [0.15, 0.2) is 0 Å². The zero-order valence-electron chi connectivity index (χ0n) is 9.10. The molecule has 0 N–H and O–H groups in total. The van der Waals surface area contributed by atoms with Gasteiger partial charge >= 0.3 is 0 Å². The number of hydrogen-bond acceptors (Lipinski definition) is 1. The summed E-state index contributed by atoms with van der Waals surface area (Å²) in [6.45, 7) is 7.25. The second-order valence-electron chi connectivity index (χ2n) is 3.72. The van der Waals surface area contributed by atoms with E-state index in [9.17, 15) is 0 Å². The number of rotatable bonds is 8. The molecular formula is C10H25NSi. The van der Waals surface area contributed by atoms with Gasteiger partial charge in [0.1, 0.15) is 0 Å². The normalized spacial score (nSPS) is 11.2. The molecule has 0 unspecified atom stereocenters. The molecule has 0 aliphatic heterocycles. The molecule has 0 aromatic heterocycles. The Balaban J connectivity index is 3.04. The van der Waals surface area contributed by atoms with Crippen molar-refractivity contribution in [1.82, 2.24) is 4.57 Å². The van der Waals surface area contributed by atoms with Crippen molar-refractivity contribution < 1.29 is 0 Å². The van der Waals surface area contributed by atoms with Gasteiger partial charge in [-0.3, -0.25) is 0 Å². The van der Waals surface area contributed by atoms with Crippen molar-refractivity contribution in [3.63, 3.8) is 0 Å². The van der Waals surface area contributed by atoms with E-state index in [-0.39, 0.29) is 0 Å². The lowest BCUT2D eigenvalue weighted by Crippen LogP contribution is -2.22. The minimum atomic E-state index is 1.26. The highest BCUT2D eigenvalue weighted by Gasteiger charge is 1.95. The monoisotopic (exact) mass is 187 g/mol. The van der Waals surface area contributed by atoms with Crippen molar-refractivity contribution in [2.24, 2.45) is 0 Å². The van der Waals surface area contributed by atoms with Crippen LogP contribution in [0.3, 0.4) is 0 Å². The van der Waals surface area contributed by atoms with Gasteiger partial charge in [0, 0.05) is 0 Å². The summed E-state index contributed by atoms with van der Waals surface area (Å²) in [5.74, 6) is 0. The quantitative estimate of drug-likeness (QED) is 0.415. The summed E-state index contributed by atoms with van der Waals surface area (Å²) in [5.41, 5.74) is 0. The molecule has 12 heavy (non-hydrogen) atoms. The molecule has 0 atom stereocenters. The first-order valence-electron chi connectivity index (χ1n) is 5.49. The predicted molar refractivity (Wildman–Crippen MR) is 60.6 cm³/mol. The average molecular weight is 187 g/mol. The van der Waals surface area contributed by atoms with E-state index in [1.165, 1.54) is 62.0 Å². The van der Waals surface area contributed by atoms with Crippen LogP contribution >= 0.6 is 0 Å². The molecule has 0 aliphatic carbocycles. The maximum atomic E-state index is 2.60. The van der Waals surface area contributed by atoms with E-state index in [0.717, 1.165) is 0 Å². The van der Waals surface area contributed by atoms with E-state index in [1.807, 2.05) is 0 Å². The molecule has 74 valence electrons. The van der Waals surface area contributed by atoms with Crippen LogP contribution in [-0.2, 0) is 0 Å². The zero-order valence-corrected chi connectivity index (χ0v) is 11.1. The summed E-state index contributed by atoms with van der Waals surface area (Å²) >= 11 is 0. The Kier molecular flexibility index (Phi) is 9.40. The van der Waals surface area contributed by atoms with E-state index >= 15 is 0 Å². The molecular weight excluding hydrogens is 162 g/mol. The Morgan fingerprint density at radius 3 is 1.58 bits per heavy atom. The van der Waals surface area contributed by atoms with Crippen LogP contribution < -0.4 is 0 Å². The first-order chi connectivity index (χ1) is 5.81. The lowest BCUT2D eigenvalue weighted by atomic mass is 10.2.